The molecule has 0 aromatic rings. The molecule has 1 aliphatic rings. The summed E-state index contributed by atoms with van der Waals surface area (Å²) in [7, 11) is 0. The van der Waals surface area contributed by atoms with Crippen molar-refractivity contribution in [3.05, 3.63) is 0 Å². The number of carbonyl (C=O) groups is 1. The first kappa shape index (κ1) is 16.0. The molecule has 1 aliphatic heterocycles. The lowest BCUT2D eigenvalue weighted by atomic mass is 9.89. The minimum atomic E-state index is -0.0150. The van der Waals surface area contributed by atoms with Crippen molar-refractivity contribution in [1.29, 1.82) is 0 Å². The predicted octanol–water partition coefficient (Wildman–Crippen LogP) is 2.97. The topological polar surface area (TPSA) is 38.3 Å². The fourth-order valence-corrected chi connectivity index (χ4v) is 3.55. The van der Waals surface area contributed by atoms with Gasteiger partial charge in [0.05, 0.1) is 18.1 Å². The van der Waals surface area contributed by atoms with Crippen LogP contribution in [0.2, 0.25) is 0 Å². The number of ether oxygens (including phenoxy) is 1. The highest BCUT2D eigenvalue weighted by molar-refractivity contribution is 9.09. The lowest BCUT2D eigenvalue weighted by Crippen LogP contribution is -2.39. The average molecular weight is 320 g/mol. The molecule has 1 N–H and O–H groups in total. The molecule has 1 heterocycles. The van der Waals surface area contributed by atoms with Crippen molar-refractivity contribution in [1.82, 2.24) is 5.32 Å². The fourth-order valence-electron chi connectivity index (χ4n) is 2.64. The molecular formula is C14H26BrNO2. The third kappa shape index (κ3) is 4.23. The van der Waals surface area contributed by atoms with Gasteiger partial charge in [0.1, 0.15) is 0 Å². The van der Waals surface area contributed by atoms with E-state index in [0.29, 0.717) is 23.2 Å². The molecule has 1 rings (SSSR count). The Morgan fingerprint density at radius 2 is 1.89 bits per heavy atom. The van der Waals surface area contributed by atoms with Gasteiger partial charge in [-0.1, -0.05) is 36.7 Å². The molecule has 0 aliphatic carbocycles. The van der Waals surface area contributed by atoms with Crippen LogP contribution in [0.1, 0.15) is 41.0 Å². The molecule has 0 saturated carbocycles. The Morgan fingerprint density at radius 3 is 2.33 bits per heavy atom. The van der Waals surface area contributed by atoms with Crippen molar-refractivity contribution < 1.29 is 9.53 Å². The largest absolute Gasteiger partial charge is 0.374 e. The highest BCUT2D eigenvalue weighted by atomic mass is 79.9. The number of rotatable bonds is 5. The molecule has 0 bridgehead atoms. The van der Waals surface area contributed by atoms with Crippen LogP contribution in [0.5, 0.6) is 0 Å². The van der Waals surface area contributed by atoms with Crippen LogP contribution in [0, 0.1) is 17.8 Å². The molecule has 5 unspecified atom stereocenters. The van der Waals surface area contributed by atoms with Gasteiger partial charge in [-0.05, 0) is 32.1 Å². The van der Waals surface area contributed by atoms with E-state index < -0.39 is 0 Å². The van der Waals surface area contributed by atoms with Gasteiger partial charge in [0.25, 0.3) is 0 Å². The van der Waals surface area contributed by atoms with Gasteiger partial charge >= 0.3 is 0 Å². The molecule has 5 atom stereocenters. The van der Waals surface area contributed by atoms with Crippen molar-refractivity contribution in [3.63, 3.8) is 0 Å². The molecule has 0 radical (unpaired) electrons. The van der Waals surface area contributed by atoms with E-state index in [-0.39, 0.29) is 24.0 Å². The number of nitrogens with one attached hydrogen (secondary N) is 1. The van der Waals surface area contributed by atoms with Crippen molar-refractivity contribution >= 4 is 21.8 Å². The first-order valence-electron chi connectivity index (χ1n) is 6.90. The van der Waals surface area contributed by atoms with E-state index in [1.54, 1.807) is 0 Å². The zero-order chi connectivity index (χ0) is 13.9. The van der Waals surface area contributed by atoms with Crippen LogP contribution in [0.25, 0.3) is 0 Å². The van der Waals surface area contributed by atoms with E-state index in [0.717, 1.165) is 6.42 Å². The highest BCUT2D eigenvalue weighted by Gasteiger charge is 2.41. The summed E-state index contributed by atoms with van der Waals surface area (Å²) in [5.41, 5.74) is 0. The monoisotopic (exact) mass is 319 g/mol. The first-order valence-corrected chi connectivity index (χ1v) is 7.81. The van der Waals surface area contributed by atoms with Crippen molar-refractivity contribution in [2.24, 2.45) is 17.8 Å². The molecule has 106 valence electrons. The van der Waals surface area contributed by atoms with Crippen LogP contribution >= 0.6 is 15.9 Å². The summed E-state index contributed by atoms with van der Waals surface area (Å²) >= 11 is 3.61. The maximum absolute atomic E-state index is 12.2. The standard InChI is InChI=1S/C14H26BrNO2/c1-8(2)6-12(15)7-16-14(17)13-9(3)10(4)18-11(13)5/h8-13H,6-7H2,1-5H3,(H,16,17). The smallest absolute Gasteiger partial charge is 0.226 e. The maximum Gasteiger partial charge on any atom is 0.226 e. The molecule has 1 fully saturated rings. The van der Waals surface area contributed by atoms with Gasteiger partial charge in [-0.15, -0.1) is 0 Å². The summed E-state index contributed by atoms with van der Waals surface area (Å²) in [6.07, 6.45) is 1.27. The lowest BCUT2D eigenvalue weighted by molar-refractivity contribution is -0.127. The minimum absolute atomic E-state index is 0.0150. The second-order valence-electron chi connectivity index (χ2n) is 5.90. The number of hydrogen-bond acceptors (Lipinski definition) is 2. The Kier molecular flexibility index (Phi) is 6.12. The van der Waals surface area contributed by atoms with Crippen LogP contribution in [0.15, 0.2) is 0 Å². The summed E-state index contributed by atoms with van der Waals surface area (Å²) < 4.78 is 5.71. The maximum atomic E-state index is 12.2. The van der Waals surface area contributed by atoms with Gasteiger partial charge in [0.15, 0.2) is 0 Å². The molecule has 18 heavy (non-hydrogen) atoms. The molecular weight excluding hydrogens is 294 g/mol. The highest BCUT2D eigenvalue weighted by Crippen LogP contribution is 2.32. The zero-order valence-corrected chi connectivity index (χ0v) is 13.7. The Hall–Kier alpha value is -0.0900. The second-order valence-corrected chi connectivity index (χ2v) is 7.20. The molecule has 0 aromatic carbocycles. The van der Waals surface area contributed by atoms with E-state index in [1.165, 1.54) is 0 Å². The van der Waals surface area contributed by atoms with Crippen LogP contribution in [-0.4, -0.2) is 29.5 Å². The third-order valence-electron chi connectivity index (χ3n) is 3.77. The molecule has 1 amide bonds. The Labute approximate surface area is 119 Å². The Morgan fingerprint density at radius 1 is 1.28 bits per heavy atom. The van der Waals surface area contributed by atoms with Crippen LogP contribution in [0.3, 0.4) is 0 Å². The van der Waals surface area contributed by atoms with E-state index in [2.05, 4.69) is 42.0 Å². The number of carbonyl (C=O) groups excluding carboxylic acids is 1. The summed E-state index contributed by atoms with van der Waals surface area (Å²) in [4.78, 5) is 12.5. The first-order chi connectivity index (χ1) is 8.32. The fraction of sp³-hybridized carbons (Fsp3) is 0.929. The Balaban J connectivity index is 2.41. The van der Waals surface area contributed by atoms with E-state index in [4.69, 9.17) is 4.74 Å². The van der Waals surface area contributed by atoms with Gasteiger partial charge < -0.3 is 10.1 Å². The third-order valence-corrected chi connectivity index (χ3v) is 4.47. The average Bonchev–Trinajstić information content (AvgIpc) is 2.49. The lowest BCUT2D eigenvalue weighted by Gasteiger charge is -2.20. The van der Waals surface area contributed by atoms with Gasteiger partial charge in [-0.25, -0.2) is 0 Å². The van der Waals surface area contributed by atoms with Crippen molar-refractivity contribution in [3.8, 4) is 0 Å². The molecule has 0 spiro atoms. The molecule has 1 saturated heterocycles. The van der Waals surface area contributed by atoms with Gasteiger partial charge in [-0.2, -0.15) is 0 Å². The summed E-state index contributed by atoms with van der Waals surface area (Å²) in [6, 6.07) is 0. The van der Waals surface area contributed by atoms with Gasteiger partial charge in [0, 0.05) is 11.4 Å². The summed E-state index contributed by atoms with van der Waals surface area (Å²) in [5.74, 6) is 1.05. The number of halogens is 1. The molecule has 0 aromatic heterocycles. The van der Waals surface area contributed by atoms with Crippen molar-refractivity contribution in [2.45, 2.75) is 58.1 Å². The predicted molar refractivity (Wildman–Crippen MR) is 77.8 cm³/mol. The minimum Gasteiger partial charge on any atom is -0.374 e. The van der Waals surface area contributed by atoms with E-state index in [9.17, 15) is 4.79 Å². The summed E-state index contributed by atoms with van der Waals surface area (Å²) in [6.45, 7) is 11.2. The van der Waals surface area contributed by atoms with Crippen LogP contribution < -0.4 is 5.32 Å². The number of hydrogen-bond donors (Lipinski definition) is 1. The SMILES string of the molecule is CC(C)CC(Br)CNC(=O)C1C(C)OC(C)C1C. The zero-order valence-electron chi connectivity index (χ0n) is 12.1. The molecule has 3 nitrogen and oxygen atoms in total. The second kappa shape index (κ2) is 6.90. The van der Waals surface area contributed by atoms with Crippen molar-refractivity contribution in [2.75, 3.05) is 6.54 Å². The number of alkyl halides is 1. The van der Waals surface area contributed by atoms with Crippen LogP contribution in [0.4, 0.5) is 0 Å². The van der Waals surface area contributed by atoms with Gasteiger partial charge in [0.2, 0.25) is 5.91 Å². The Bertz CT molecular complexity index is 283. The van der Waals surface area contributed by atoms with Crippen LogP contribution in [-0.2, 0) is 9.53 Å². The summed E-state index contributed by atoms with van der Waals surface area (Å²) in [5, 5.41) is 3.05. The van der Waals surface area contributed by atoms with E-state index in [1.807, 2.05) is 13.8 Å². The van der Waals surface area contributed by atoms with Gasteiger partial charge in [-0.3, -0.25) is 4.79 Å². The molecule has 4 heteroatoms. The van der Waals surface area contributed by atoms with E-state index >= 15 is 0 Å². The quantitative estimate of drug-likeness (QED) is 0.791. The number of amides is 1. The normalized spacial score (nSPS) is 33.7.